The van der Waals surface area contributed by atoms with E-state index >= 15 is 0 Å². The molecule has 8 heteroatoms. The highest BCUT2D eigenvalue weighted by molar-refractivity contribution is 7.98. The smallest absolute Gasteiger partial charge is 0.276 e. The van der Waals surface area contributed by atoms with E-state index in [1.165, 1.54) is 23.1 Å². The molecule has 0 radical (unpaired) electrons. The van der Waals surface area contributed by atoms with Gasteiger partial charge in [0, 0.05) is 22.7 Å². The number of amides is 1. The number of aromatic nitrogens is 3. The van der Waals surface area contributed by atoms with E-state index in [9.17, 15) is 4.79 Å². The highest BCUT2D eigenvalue weighted by Crippen LogP contribution is 2.40. The van der Waals surface area contributed by atoms with Crippen LogP contribution >= 0.6 is 23.1 Å². The number of nitrogens with zero attached hydrogens (tertiary/aromatic N) is 3. The number of carbonyl (C=O) groups is 1. The third-order valence-electron chi connectivity index (χ3n) is 3.94. The maximum Gasteiger partial charge on any atom is 0.276 e. The second-order valence-corrected chi connectivity index (χ2v) is 8.16. The van der Waals surface area contributed by atoms with Crippen LogP contribution in [-0.2, 0) is 17.0 Å². The average molecular weight is 387 g/mol. The van der Waals surface area contributed by atoms with Crippen LogP contribution in [0.2, 0.25) is 0 Å². The van der Waals surface area contributed by atoms with Gasteiger partial charge < -0.3 is 9.73 Å². The fourth-order valence-electron chi connectivity index (χ4n) is 2.39. The minimum absolute atomic E-state index is 0.0617. The molecule has 1 aliphatic rings. The minimum atomic E-state index is -0.0617. The molecule has 0 spiro atoms. The largest absolute Gasteiger partial charge is 0.416 e. The summed E-state index contributed by atoms with van der Waals surface area (Å²) in [6, 6.07) is 7.75. The number of nitrogens with one attached hydrogen (secondary N) is 1. The maximum atomic E-state index is 12.1. The number of rotatable bonds is 7. The van der Waals surface area contributed by atoms with Crippen LogP contribution in [-0.4, -0.2) is 21.1 Å². The van der Waals surface area contributed by atoms with Crippen LogP contribution in [0, 0.1) is 6.92 Å². The lowest BCUT2D eigenvalue weighted by Crippen LogP contribution is -2.14. The summed E-state index contributed by atoms with van der Waals surface area (Å²) < 4.78 is 5.63. The number of carbonyl (C=O) groups excluding carboxylic acids is 1. The van der Waals surface area contributed by atoms with Crippen molar-refractivity contribution in [2.45, 2.75) is 43.1 Å². The van der Waals surface area contributed by atoms with Gasteiger partial charge in [-0.2, -0.15) is 0 Å². The van der Waals surface area contributed by atoms with Crippen LogP contribution < -0.4 is 5.32 Å². The quantitative estimate of drug-likeness (QED) is 0.613. The molecule has 0 aliphatic heterocycles. The summed E-state index contributed by atoms with van der Waals surface area (Å²) in [5.74, 6) is 1.81. The molecule has 1 saturated carbocycles. The Morgan fingerprint density at radius 3 is 2.88 bits per heavy atom. The molecule has 1 N–H and O–H groups in total. The number of thiazole rings is 1. The molecule has 3 aromatic rings. The fourth-order valence-corrected chi connectivity index (χ4v) is 3.95. The molecule has 134 valence electrons. The van der Waals surface area contributed by atoms with Gasteiger partial charge in [-0.15, -0.1) is 21.5 Å². The third-order valence-corrected chi connectivity index (χ3v) is 5.69. The van der Waals surface area contributed by atoms with E-state index in [-0.39, 0.29) is 12.3 Å². The van der Waals surface area contributed by atoms with E-state index < -0.39 is 0 Å². The van der Waals surface area contributed by atoms with E-state index in [1.54, 1.807) is 0 Å². The SMILES string of the molecule is Cc1ccc(NC(=O)Cc2nc(CSc3nnc(C4CC4)o3)cs2)cc1. The number of aryl methyl sites for hydroxylation is 1. The Morgan fingerprint density at radius 1 is 1.31 bits per heavy atom. The molecule has 4 rings (SSSR count). The van der Waals surface area contributed by atoms with Crippen molar-refractivity contribution in [3.05, 3.63) is 51.8 Å². The summed E-state index contributed by atoms with van der Waals surface area (Å²) in [5, 5.41) is 14.4. The van der Waals surface area contributed by atoms with Gasteiger partial charge in [-0.05, 0) is 31.9 Å². The molecule has 6 nitrogen and oxygen atoms in total. The van der Waals surface area contributed by atoms with Crippen molar-refractivity contribution in [1.29, 1.82) is 0 Å². The van der Waals surface area contributed by atoms with Gasteiger partial charge in [0.1, 0.15) is 5.01 Å². The average Bonchev–Trinajstić information content (AvgIpc) is 3.20. The number of hydrogen-bond acceptors (Lipinski definition) is 7. The molecule has 1 aliphatic carbocycles. The topological polar surface area (TPSA) is 80.9 Å². The second-order valence-electron chi connectivity index (χ2n) is 6.29. The lowest BCUT2D eigenvalue weighted by Gasteiger charge is -2.04. The first-order valence-corrected chi connectivity index (χ1v) is 10.3. The molecule has 0 bridgehead atoms. The molecular weight excluding hydrogens is 368 g/mol. The van der Waals surface area contributed by atoms with Crippen LogP contribution in [0.25, 0.3) is 0 Å². The molecule has 0 atom stereocenters. The summed E-state index contributed by atoms with van der Waals surface area (Å²) in [6.45, 7) is 2.02. The van der Waals surface area contributed by atoms with Crippen molar-refractivity contribution in [3.8, 4) is 0 Å². The summed E-state index contributed by atoms with van der Waals surface area (Å²) in [6.07, 6.45) is 2.56. The first kappa shape index (κ1) is 17.2. The fraction of sp³-hybridized carbons (Fsp3) is 0.333. The van der Waals surface area contributed by atoms with Gasteiger partial charge in [0.25, 0.3) is 5.22 Å². The summed E-state index contributed by atoms with van der Waals surface area (Å²) >= 11 is 2.97. The third kappa shape index (κ3) is 4.50. The van der Waals surface area contributed by atoms with Gasteiger partial charge in [-0.25, -0.2) is 4.98 Å². The van der Waals surface area contributed by atoms with Crippen LogP contribution in [0.4, 0.5) is 5.69 Å². The van der Waals surface area contributed by atoms with Crippen LogP contribution in [0.15, 0.2) is 39.3 Å². The molecule has 2 heterocycles. The molecule has 0 saturated heterocycles. The summed E-state index contributed by atoms with van der Waals surface area (Å²) in [7, 11) is 0. The molecular formula is C18H18N4O2S2. The first-order chi connectivity index (χ1) is 12.7. The van der Waals surface area contributed by atoms with Crippen molar-refractivity contribution < 1.29 is 9.21 Å². The maximum absolute atomic E-state index is 12.1. The van der Waals surface area contributed by atoms with Crippen LogP contribution in [0.5, 0.6) is 0 Å². The predicted octanol–water partition coefficient (Wildman–Crippen LogP) is 4.19. The van der Waals surface area contributed by atoms with Crippen molar-refractivity contribution in [1.82, 2.24) is 15.2 Å². The van der Waals surface area contributed by atoms with E-state index in [1.807, 2.05) is 36.6 Å². The zero-order valence-electron chi connectivity index (χ0n) is 14.3. The Balaban J connectivity index is 1.28. The Kier molecular flexibility index (Phi) is 5.03. The van der Waals surface area contributed by atoms with Crippen molar-refractivity contribution in [2.24, 2.45) is 0 Å². The standard InChI is InChI=1S/C18H18N4O2S2/c1-11-2-6-13(7-3-11)19-15(23)8-16-20-14(9-25-16)10-26-18-22-21-17(24-18)12-4-5-12/h2-3,6-7,9,12H,4-5,8,10H2,1H3,(H,19,23). The molecule has 2 aromatic heterocycles. The van der Waals surface area contributed by atoms with Gasteiger partial charge >= 0.3 is 0 Å². The first-order valence-electron chi connectivity index (χ1n) is 8.42. The van der Waals surface area contributed by atoms with Gasteiger partial charge in [-0.3, -0.25) is 4.79 Å². The lowest BCUT2D eigenvalue weighted by atomic mass is 10.2. The second kappa shape index (κ2) is 7.59. The molecule has 1 fully saturated rings. The minimum Gasteiger partial charge on any atom is -0.416 e. The number of benzene rings is 1. The van der Waals surface area contributed by atoms with E-state index in [0.717, 1.165) is 40.7 Å². The zero-order valence-corrected chi connectivity index (χ0v) is 15.9. The summed E-state index contributed by atoms with van der Waals surface area (Å²) in [4.78, 5) is 16.7. The monoisotopic (exact) mass is 386 g/mol. The van der Waals surface area contributed by atoms with Gasteiger partial charge in [0.2, 0.25) is 11.8 Å². The highest BCUT2D eigenvalue weighted by atomic mass is 32.2. The van der Waals surface area contributed by atoms with Crippen LogP contribution in [0.3, 0.4) is 0 Å². The Labute approximate surface area is 159 Å². The van der Waals surface area contributed by atoms with Crippen molar-refractivity contribution in [3.63, 3.8) is 0 Å². The Bertz CT molecular complexity index is 900. The highest BCUT2D eigenvalue weighted by Gasteiger charge is 2.29. The van der Waals surface area contributed by atoms with Gasteiger partial charge in [0.15, 0.2) is 0 Å². The predicted molar refractivity (Wildman–Crippen MR) is 101 cm³/mol. The Hall–Kier alpha value is -2.19. The van der Waals surface area contributed by atoms with Crippen LogP contribution in [0.1, 0.15) is 40.9 Å². The van der Waals surface area contributed by atoms with Crippen molar-refractivity contribution in [2.75, 3.05) is 5.32 Å². The van der Waals surface area contributed by atoms with E-state index in [0.29, 0.717) is 16.9 Å². The zero-order chi connectivity index (χ0) is 17.9. The molecule has 1 amide bonds. The number of anilines is 1. The molecule has 0 unspecified atom stereocenters. The molecule has 26 heavy (non-hydrogen) atoms. The lowest BCUT2D eigenvalue weighted by molar-refractivity contribution is -0.115. The number of thioether (sulfide) groups is 1. The van der Waals surface area contributed by atoms with Gasteiger partial charge in [0.05, 0.1) is 12.1 Å². The molecule has 1 aromatic carbocycles. The van der Waals surface area contributed by atoms with Gasteiger partial charge in [-0.1, -0.05) is 29.5 Å². The normalized spacial score (nSPS) is 13.7. The summed E-state index contributed by atoms with van der Waals surface area (Å²) in [5.41, 5.74) is 2.88. The van der Waals surface area contributed by atoms with E-state index in [4.69, 9.17) is 4.42 Å². The van der Waals surface area contributed by atoms with Crippen molar-refractivity contribution >= 4 is 34.7 Å². The van der Waals surface area contributed by atoms with E-state index in [2.05, 4.69) is 20.5 Å². The Morgan fingerprint density at radius 2 is 2.12 bits per heavy atom. The number of hydrogen-bond donors (Lipinski definition) is 1.